The van der Waals surface area contributed by atoms with E-state index in [1.807, 2.05) is 0 Å². The number of hydrogen-bond donors (Lipinski definition) is 1. The van der Waals surface area contributed by atoms with Crippen LogP contribution in [0, 0.1) is 11.3 Å². The number of rotatable bonds is 2. The minimum atomic E-state index is -0.240. The van der Waals surface area contributed by atoms with Gasteiger partial charge in [0.25, 0.3) is 0 Å². The van der Waals surface area contributed by atoms with E-state index in [9.17, 15) is 5.26 Å². The summed E-state index contributed by atoms with van der Waals surface area (Å²) in [6.45, 7) is 2.23. The van der Waals surface area contributed by atoms with Gasteiger partial charge < -0.3 is 0 Å². The molecule has 3 heteroatoms. The average molecular weight is 207 g/mol. The topological polar surface area (TPSA) is 39.1 Å². The Morgan fingerprint density at radius 3 is 2.13 bits per heavy atom. The quantitative estimate of drug-likeness (QED) is 0.754. The summed E-state index contributed by atoms with van der Waals surface area (Å²) in [6, 6.07) is 2.51. The third kappa shape index (κ3) is 2.70. The number of nitrogens with one attached hydrogen (secondary N) is 1. The highest BCUT2D eigenvalue weighted by molar-refractivity contribution is 5.07. The Balaban J connectivity index is 1.91. The van der Waals surface area contributed by atoms with Crippen molar-refractivity contribution in [2.75, 3.05) is 13.1 Å². The summed E-state index contributed by atoms with van der Waals surface area (Å²) in [4.78, 5) is 0. The van der Waals surface area contributed by atoms with Gasteiger partial charge in [0.1, 0.15) is 5.54 Å². The van der Waals surface area contributed by atoms with E-state index in [2.05, 4.69) is 16.5 Å². The highest BCUT2D eigenvalue weighted by atomic mass is 15.5. The molecule has 1 N–H and O–H groups in total. The van der Waals surface area contributed by atoms with E-state index < -0.39 is 0 Å². The van der Waals surface area contributed by atoms with Gasteiger partial charge in [0.2, 0.25) is 0 Å². The van der Waals surface area contributed by atoms with Gasteiger partial charge in [-0.3, -0.25) is 0 Å². The lowest BCUT2D eigenvalue weighted by atomic mass is 9.83. The average Bonchev–Trinajstić information content (AvgIpc) is 2.32. The van der Waals surface area contributed by atoms with Crippen LogP contribution in [-0.4, -0.2) is 23.6 Å². The van der Waals surface area contributed by atoms with Gasteiger partial charge in [-0.1, -0.05) is 25.7 Å². The minimum absolute atomic E-state index is 0.240. The molecule has 3 nitrogen and oxygen atoms in total. The molecule has 2 fully saturated rings. The van der Waals surface area contributed by atoms with Crippen molar-refractivity contribution in [1.29, 1.82) is 5.26 Å². The van der Waals surface area contributed by atoms with Crippen LogP contribution in [0.5, 0.6) is 0 Å². The fraction of sp³-hybridized carbons (Fsp3) is 0.917. The third-order valence-corrected chi connectivity index (χ3v) is 3.65. The van der Waals surface area contributed by atoms with Gasteiger partial charge >= 0.3 is 0 Å². The zero-order valence-corrected chi connectivity index (χ0v) is 9.47. The molecule has 0 spiro atoms. The van der Waals surface area contributed by atoms with Gasteiger partial charge in [-0.05, 0) is 25.7 Å². The molecule has 0 radical (unpaired) electrons. The molecule has 1 aliphatic heterocycles. The second-order valence-corrected chi connectivity index (χ2v) is 4.91. The van der Waals surface area contributed by atoms with E-state index in [1.165, 1.54) is 38.5 Å². The third-order valence-electron chi connectivity index (χ3n) is 3.65. The van der Waals surface area contributed by atoms with Crippen LogP contribution in [0.4, 0.5) is 0 Å². The molecule has 1 saturated heterocycles. The lowest BCUT2D eigenvalue weighted by molar-refractivity contribution is 0.0853. The van der Waals surface area contributed by atoms with E-state index in [-0.39, 0.29) is 5.54 Å². The Morgan fingerprint density at radius 2 is 1.53 bits per heavy atom. The molecule has 1 aliphatic carbocycles. The number of hydrogen-bond acceptors (Lipinski definition) is 3. The van der Waals surface area contributed by atoms with Crippen LogP contribution in [0.3, 0.4) is 0 Å². The molecule has 0 unspecified atom stereocenters. The van der Waals surface area contributed by atoms with Gasteiger partial charge in [-0.25, -0.2) is 10.4 Å². The van der Waals surface area contributed by atoms with Crippen molar-refractivity contribution in [1.82, 2.24) is 10.4 Å². The zero-order chi connectivity index (χ0) is 10.6. The summed E-state index contributed by atoms with van der Waals surface area (Å²) >= 11 is 0. The molecule has 0 aromatic carbocycles. The van der Waals surface area contributed by atoms with E-state index in [4.69, 9.17) is 0 Å². The van der Waals surface area contributed by atoms with Gasteiger partial charge in [-0.15, -0.1) is 0 Å². The highest BCUT2D eigenvalue weighted by Crippen LogP contribution is 2.28. The first kappa shape index (κ1) is 10.9. The predicted molar refractivity (Wildman–Crippen MR) is 60.0 cm³/mol. The van der Waals surface area contributed by atoms with Crippen molar-refractivity contribution < 1.29 is 0 Å². The minimum Gasteiger partial charge on any atom is -0.243 e. The normalized spacial score (nSPS) is 27.1. The first-order valence-corrected chi connectivity index (χ1v) is 6.29. The van der Waals surface area contributed by atoms with Crippen molar-refractivity contribution >= 4 is 0 Å². The van der Waals surface area contributed by atoms with Crippen molar-refractivity contribution in [3.05, 3.63) is 0 Å². The monoisotopic (exact) mass is 207 g/mol. The summed E-state index contributed by atoms with van der Waals surface area (Å²) < 4.78 is 0. The summed E-state index contributed by atoms with van der Waals surface area (Å²) in [5.74, 6) is 0. The second-order valence-electron chi connectivity index (χ2n) is 4.91. The number of hydrazine groups is 1. The summed E-state index contributed by atoms with van der Waals surface area (Å²) in [6.07, 6.45) is 9.65. The van der Waals surface area contributed by atoms with Crippen LogP contribution in [0.25, 0.3) is 0 Å². The van der Waals surface area contributed by atoms with E-state index in [0.717, 1.165) is 25.9 Å². The second kappa shape index (κ2) is 4.96. The van der Waals surface area contributed by atoms with Crippen molar-refractivity contribution in [2.24, 2.45) is 0 Å². The largest absolute Gasteiger partial charge is 0.243 e. The molecule has 0 aromatic heterocycles. The molecule has 0 aromatic rings. The van der Waals surface area contributed by atoms with Gasteiger partial charge in [0, 0.05) is 13.1 Å². The molecule has 0 amide bonds. The SMILES string of the molecule is N#CC1(NN2CCCCC2)CCCCC1. The molecule has 1 heterocycles. The van der Waals surface area contributed by atoms with Gasteiger partial charge in [-0.2, -0.15) is 5.26 Å². The first-order valence-electron chi connectivity index (χ1n) is 6.29. The lowest BCUT2D eigenvalue weighted by Gasteiger charge is -2.38. The molecule has 15 heavy (non-hydrogen) atoms. The molecule has 84 valence electrons. The molecular weight excluding hydrogens is 186 g/mol. The van der Waals surface area contributed by atoms with Crippen LogP contribution in [0.2, 0.25) is 0 Å². The number of nitrogens with zero attached hydrogens (tertiary/aromatic N) is 2. The lowest BCUT2D eigenvalue weighted by Crippen LogP contribution is -2.55. The Labute approximate surface area is 92.4 Å². The summed E-state index contributed by atoms with van der Waals surface area (Å²) in [5, 5.41) is 11.6. The van der Waals surface area contributed by atoms with Crippen LogP contribution < -0.4 is 5.43 Å². The molecule has 2 aliphatic rings. The molecule has 2 rings (SSSR count). The first-order chi connectivity index (χ1) is 7.35. The van der Waals surface area contributed by atoms with Crippen molar-refractivity contribution in [2.45, 2.75) is 56.9 Å². The fourth-order valence-electron chi connectivity index (χ4n) is 2.71. The maximum atomic E-state index is 9.33. The Bertz CT molecular complexity index is 232. The molecule has 0 bridgehead atoms. The summed E-state index contributed by atoms with van der Waals surface area (Å²) in [7, 11) is 0. The molecule has 1 saturated carbocycles. The van der Waals surface area contributed by atoms with E-state index in [1.54, 1.807) is 0 Å². The van der Waals surface area contributed by atoms with Crippen LogP contribution in [0.15, 0.2) is 0 Å². The van der Waals surface area contributed by atoms with Crippen LogP contribution in [0.1, 0.15) is 51.4 Å². The number of piperidine rings is 1. The van der Waals surface area contributed by atoms with Gasteiger partial charge in [0.05, 0.1) is 6.07 Å². The van der Waals surface area contributed by atoms with E-state index >= 15 is 0 Å². The smallest absolute Gasteiger partial charge is 0.119 e. The Morgan fingerprint density at radius 1 is 0.933 bits per heavy atom. The fourth-order valence-corrected chi connectivity index (χ4v) is 2.71. The maximum Gasteiger partial charge on any atom is 0.119 e. The summed E-state index contributed by atoms with van der Waals surface area (Å²) in [5.41, 5.74) is 3.25. The van der Waals surface area contributed by atoms with Crippen molar-refractivity contribution in [3.63, 3.8) is 0 Å². The van der Waals surface area contributed by atoms with Crippen LogP contribution in [-0.2, 0) is 0 Å². The predicted octanol–water partition coefficient (Wildman–Crippen LogP) is 2.20. The standard InChI is InChI=1S/C12H21N3/c13-11-12(7-3-1-4-8-12)14-15-9-5-2-6-10-15/h14H,1-10H2. The number of nitriles is 1. The maximum absolute atomic E-state index is 9.33. The highest BCUT2D eigenvalue weighted by Gasteiger charge is 2.33. The zero-order valence-electron chi connectivity index (χ0n) is 9.47. The van der Waals surface area contributed by atoms with Crippen molar-refractivity contribution in [3.8, 4) is 6.07 Å². The molecular formula is C12H21N3. The van der Waals surface area contributed by atoms with E-state index in [0.29, 0.717) is 0 Å². The Kier molecular flexibility index (Phi) is 3.61. The van der Waals surface area contributed by atoms with Crippen LogP contribution >= 0.6 is 0 Å². The van der Waals surface area contributed by atoms with Gasteiger partial charge in [0.15, 0.2) is 0 Å². The Hall–Kier alpha value is -0.590. The molecule has 0 atom stereocenters.